The van der Waals surface area contributed by atoms with Crippen LogP contribution >= 0.6 is 11.6 Å². The van der Waals surface area contributed by atoms with E-state index in [0.717, 1.165) is 24.8 Å². The Balaban J connectivity index is 2.15. The molecule has 5 heteroatoms. The minimum Gasteiger partial charge on any atom is -0.391 e. The molecule has 0 radical (unpaired) electrons. The third kappa shape index (κ3) is 2.69. The molecule has 1 aliphatic heterocycles. The quantitative estimate of drug-likeness (QED) is 0.839. The van der Waals surface area contributed by atoms with Crippen LogP contribution in [0.5, 0.6) is 0 Å². The summed E-state index contributed by atoms with van der Waals surface area (Å²) < 4.78 is 0. The molecular weight excluding hydrogens is 238 g/mol. The van der Waals surface area contributed by atoms with Crippen molar-refractivity contribution in [2.45, 2.75) is 32.8 Å². The predicted molar refractivity (Wildman–Crippen MR) is 68.2 cm³/mol. The smallest absolute Gasteiger partial charge is 0.140 e. The van der Waals surface area contributed by atoms with Gasteiger partial charge in [0.05, 0.1) is 12.2 Å². The topological polar surface area (TPSA) is 49.2 Å². The summed E-state index contributed by atoms with van der Waals surface area (Å²) in [6.45, 7) is 4.10. The Morgan fingerprint density at radius 3 is 3.06 bits per heavy atom. The Morgan fingerprint density at radius 2 is 2.35 bits per heavy atom. The van der Waals surface area contributed by atoms with E-state index in [1.54, 1.807) is 0 Å². The Bertz CT molecular complexity index is 386. The zero-order chi connectivity index (χ0) is 12.3. The van der Waals surface area contributed by atoms with Crippen molar-refractivity contribution >= 4 is 17.4 Å². The molecule has 2 rings (SSSR count). The zero-order valence-corrected chi connectivity index (χ0v) is 10.8. The maximum absolute atomic E-state index is 9.34. The van der Waals surface area contributed by atoms with E-state index in [9.17, 15) is 5.11 Å². The van der Waals surface area contributed by atoms with Crippen molar-refractivity contribution in [1.29, 1.82) is 0 Å². The number of aliphatic hydroxyl groups excluding tert-OH is 1. The van der Waals surface area contributed by atoms with Crippen LogP contribution < -0.4 is 4.90 Å². The summed E-state index contributed by atoms with van der Waals surface area (Å²) >= 11 is 5.97. The minimum atomic E-state index is -0.107. The molecule has 1 atom stereocenters. The van der Waals surface area contributed by atoms with Crippen molar-refractivity contribution in [1.82, 2.24) is 9.97 Å². The van der Waals surface area contributed by atoms with Gasteiger partial charge in [0, 0.05) is 13.1 Å². The average Bonchev–Trinajstić information content (AvgIpc) is 2.78. The van der Waals surface area contributed by atoms with Gasteiger partial charge in [-0.1, -0.05) is 24.9 Å². The number of aliphatic hydroxyl groups is 1. The lowest BCUT2D eigenvalue weighted by atomic mass is 10.0. The summed E-state index contributed by atoms with van der Waals surface area (Å²) in [7, 11) is 0. The second-order valence-electron chi connectivity index (χ2n) is 4.51. The molecule has 4 nitrogen and oxygen atoms in total. The number of rotatable bonds is 4. The van der Waals surface area contributed by atoms with Crippen LogP contribution in [0.1, 0.15) is 31.7 Å². The van der Waals surface area contributed by atoms with Crippen LogP contribution in [0.2, 0.25) is 5.15 Å². The molecule has 1 saturated heterocycles. The van der Waals surface area contributed by atoms with Gasteiger partial charge in [-0.2, -0.15) is 0 Å². The van der Waals surface area contributed by atoms with Gasteiger partial charge in [0.2, 0.25) is 0 Å². The first-order valence-corrected chi connectivity index (χ1v) is 6.49. The van der Waals surface area contributed by atoms with Crippen LogP contribution in [-0.4, -0.2) is 28.2 Å². The SMILES string of the molecule is CCCC1CCN(c2ncnc(Cl)c2CO)C1. The number of aromatic nitrogens is 2. The number of hydrogen-bond acceptors (Lipinski definition) is 4. The molecule has 17 heavy (non-hydrogen) atoms. The Kier molecular flexibility index (Phi) is 4.18. The van der Waals surface area contributed by atoms with Crippen molar-refractivity contribution in [2.24, 2.45) is 5.92 Å². The summed E-state index contributed by atoms with van der Waals surface area (Å²) in [5, 5.41) is 9.70. The lowest BCUT2D eigenvalue weighted by Crippen LogP contribution is -2.22. The number of anilines is 1. The highest BCUT2D eigenvalue weighted by atomic mass is 35.5. The highest BCUT2D eigenvalue weighted by Crippen LogP contribution is 2.29. The average molecular weight is 256 g/mol. The van der Waals surface area contributed by atoms with E-state index in [1.807, 2.05) is 0 Å². The number of hydrogen-bond donors (Lipinski definition) is 1. The maximum atomic E-state index is 9.34. The van der Waals surface area contributed by atoms with Crippen molar-refractivity contribution in [2.75, 3.05) is 18.0 Å². The van der Waals surface area contributed by atoms with Crippen LogP contribution in [-0.2, 0) is 6.61 Å². The molecule has 1 fully saturated rings. The molecule has 0 aromatic carbocycles. The highest BCUT2D eigenvalue weighted by molar-refractivity contribution is 6.30. The highest BCUT2D eigenvalue weighted by Gasteiger charge is 2.25. The molecule has 1 aliphatic rings. The fraction of sp³-hybridized carbons (Fsp3) is 0.667. The monoisotopic (exact) mass is 255 g/mol. The van der Waals surface area contributed by atoms with Gasteiger partial charge in [0.25, 0.3) is 0 Å². The summed E-state index contributed by atoms with van der Waals surface area (Å²) in [6.07, 6.45) is 5.13. The molecule has 1 aromatic heterocycles. The van der Waals surface area contributed by atoms with E-state index in [1.165, 1.54) is 25.6 Å². The van der Waals surface area contributed by atoms with Gasteiger partial charge in [0.15, 0.2) is 0 Å². The Hall–Kier alpha value is -0.870. The van der Waals surface area contributed by atoms with Gasteiger partial charge in [-0.25, -0.2) is 9.97 Å². The Labute approximate surface area is 107 Å². The van der Waals surface area contributed by atoms with Crippen LogP contribution in [0, 0.1) is 5.92 Å². The van der Waals surface area contributed by atoms with E-state index >= 15 is 0 Å². The molecule has 1 aromatic rings. The van der Waals surface area contributed by atoms with Gasteiger partial charge in [-0.05, 0) is 18.8 Å². The van der Waals surface area contributed by atoms with Crippen LogP contribution in [0.15, 0.2) is 6.33 Å². The van der Waals surface area contributed by atoms with Crippen molar-refractivity contribution in [3.8, 4) is 0 Å². The Morgan fingerprint density at radius 1 is 1.53 bits per heavy atom. The minimum absolute atomic E-state index is 0.107. The lowest BCUT2D eigenvalue weighted by Gasteiger charge is -2.20. The first-order valence-electron chi connectivity index (χ1n) is 6.11. The van der Waals surface area contributed by atoms with Crippen molar-refractivity contribution in [3.05, 3.63) is 17.0 Å². The van der Waals surface area contributed by atoms with Gasteiger partial charge < -0.3 is 10.0 Å². The molecule has 1 N–H and O–H groups in total. The van der Waals surface area contributed by atoms with Crippen molar-refractivity contribution < 1.29 is 5.11 Å². The summed E-state index contributed by atoms with van der Waals surface area (Å²) in [6, 6.07) is 0. The number of nitrogens with zero attached hydrogens (tertiary/aromatic N) is 3. The van der Waals surface area contributed by atoms with E-state index in [0.29, 0.717) is 10.7 Å². The summed E-state index contributed by atoms with van der Waals surface area (Å²) in [5.74, 6) is 1.53. The molecule has 0 amide bonds. The summed E-state index contributed by atoms with van der Waals surface area (Å²) in [4.78, 5) is 10.4. The first-order chi connectivity index (χ1) is 8.26. The molecule has 2 heterocycles. The van der Waals surface area contributed by atoms with Gasteiger partial charge in [0.1, 0.15) is 17.3 Å². The lowest BCUT2D eigenvalue weighted by molar-refractivity contribution is 0.281. The third-order valence-electron chi connectivity index (χ3n) is 3.31. The molecule has 1 unspecified atom stereocenters. The van der Waals surface area contributed by atoms with E-state index in [-0.39, 0.29) is 6.61 Å². The van der Waals surface area contributed by atoms with Gasteiger partial charge >= 0.3 is 0 Å². The predicted octanol–water partition coefficient (Wildman–Crippen LogP) is 2.25. The molecular formula is C12H18ClN3O. The fourth-order valence-corrected chi connectivity index (χ4v) is 2.65. The van der Waals surface area contributed by atoms with Gasteiger partial charge in [-0.15, -0.1) is 0 Å². The molecule has 0 saturated carbocycles. The number of halogens is 1. The second kappa shape index (κ2) is 5.65. The van der Waals surface area contributed by atoms with E-state index < -0.39 is 0 Å². The first kappa shape index (κ1) is 12.6. The second-order valence-corrected chi connectivity index (χ2v) is 4.87. The third-order valence-corrected chi connectivity index (χ3v) is 3.64. The molecule has 0 spiro atoms. The van der Waals surface area contributed by atoms with Crippen molar-refractivity contribution in [3.63, 3.8) is 0 Å². The normalized spacial score (nSPS) is 19.9. The van der Waals surface area contributed by atoms with E-state index in [2.05, 4.69) is 21.8 Å². The maximum Gasteiger partial charge on any atom is 0.140 e. The fourth-order valence-electron chi connectivity index (χ4n) is 2.46. The zero-order valence-electron chi connectivity index (χ0n) is 10.1. The van der Waals surface area contributed by atoms with E-state index in [4.69, 9.17) is 11.6 Å². The standard InChI is InChI=1S/C12H18ClN3O/c1-2-3-9-4-5-16(6-9)12-10(7-17)11(13)14-8-15-12/h8-9,17H,2-7H2,1H3. The molecule has 0 aliphatic carbocycles. The summed E-state index contributed by atoms with van der Waals surface area (Å²) in [5.41, 5.74) is 0.645. The largest absolute Gasteiger partial charge is 0.391 e. The molecule has 0 bridgehead atoms. The van der Waals surface area contributed by atoms with Crippen LogP contribution in [0.4, 0.5) is 5.82 Å². The molecule has 94 valence electrons. The van der Waals surface area contributed by atoms with Crippen LogP contribution in [0.3, 0.4) is 0 Å². The van der Waals surface area contributed by atoms with Crippen LogP contribution in [0.25, 0.3) is 0 Å². The van der Waals surface area contributed by atoms with Gasteiger partial charge in [-0.3, -0.25) is 0 Å².